The quantitative estimate of drug-likeness (QED) is 0.532. The Morgan fingerprint density at radius 3 is 2.67 bits per heavy atom. The lowest BCUT2D eigenvalue weighted by Crippen LogP contribution is -2.63. The molecule has 33 heavy (non-hydrogen) atoms. The van der Waals surface area contributed by atoms with Gasteiger partial charge < -0.3 is 15.7 Å². The summed E-state index contributed by atoms with van der Waals surface area (Å²) in [6.45, 7) is 4.12. The van der Waals surface area contributed by atoms with Gasteiger partial charge in [-0.05, 0) is 67.7 Å². The Hall–Kier alpha value is -3.12. The second-order valence-corrected chi connectivity index (χ2v) is 9.52. The fourth-order valence-corrected chi connectivity index (χ4v) is 5.35. The van der Waals surface area contributed by atoms with E-state index in [4.69, 9.17) is 0 Å². The Balaban J connectivity index is 1.06. The van der Waals surface area contributed by atoms with Crippen molar-refractivity contribution >= 4 is 22.5 Å². The lowest BCUT2D eigenvalue weighted by Gasteiger charge is -2.46. The Kier molecular flexibility index (Phi) is 6.18. The second kappa shape index (κ2) is 9.40. The maximum absolute atomic E-state index is 12.5. The molecule has 6 heteroatoms. The highest BCUT2D eigenvalue weighted by Gasteiger charge is 2.35. The number of carbonyl (C=O) groups is 1. The largest absolute Gasteiger partial charge is 0.508 e. The number of likely N-dealkylation sites (tertiary alicyclic amines) is 1. The molecule has 0 atom stereocenters. The van der Waals surface area contributed by atoms with Crippen LogP contribution in [0.2, 0.25) is 0 Å². The van der Waals surface area contributed by atoms with Crippen LogP contribution in [0.3, 0.4) is 0 Å². The minimum absolute atomic E-state index is 0.00867. The monoisotopic (exact) mass is 444 g/mol. The topological polar surface area (TPSA) is 77.5 Å². The van der Waals surface area contributed by atoms with Gasteiger partial charge in [0.25, 0.3) is 0 Å². The number of amides is 1. The summed E-state index contributed by atoms with van der Waals surface area (Å²) >= 11 is 0. The van der Waals surface area contributed by atoms with Crippen molar-refractivity contribution in [1.29, 1.82) is 0 Å². The summed E-state index contributed by atoms with van der Waals surface area (Å²) in [5.74, 6) is 1.64. The van der Waals surface area contributed by atoms with Crippen LogP contribution in [0, 0.1) is 6.92 Å². The standard InChI is InChI=1S/C27H32N4O2/c1-18-6-7-20-12-13-28-27(24(20)14-18)29-15-26(33)30-21-16-31(17-21)22-10-8-19(9-11-22)23-4-2-3-5-25(23)32/h2-7,12-14,19,21-22,32H,8-11,15-17H2,1H3,(H,28,29)(H,30,33). The number of phenols is 1. The zero-order valence-corrected chi connectivity index (χ0v) is 19.1. The van der Waals surface area contributed by atoms with Crippen molar-refractivity contribution in [2.45, 2.75) is 50.6 Å². The Morgan fingerprint density at radius 2 is 1.88 bits per heavy atom. The van der Waals surface area contributed by atoms with Gasteiger partial charge in [0, 0.05) is 30.7 Å². The summed E-state index contributed by atoms with van der Waals surface area (Å²) in [5.41, 5.74) is 2.26. The first kappa shape index (κ1) is 21.7. The predicted octanol–water partition coefficient (Wildman–Crippen LogP) is 4.19. The molecule has 5 rings (SSSR count). The van der Waals surface area contributed by atoms with E-state index in [1.807, 2.05) is 18.2 Å². The van der Waals surface area contributed by atoms with E-state index in [1.165, 1.54) is 5.56 Å². The molecule has 1 amide bonds. The van der Waals surface area contributed by atoms with Crippen LogP contribution >= 0.6 is 0 Å². The Labute approximate surface area is 195 Å². The van der Waals surface area contributed by atoms with Gasteiger partial charge in [-0.1, -0.05) is 35.9 Å². The number of carbonyl (C=O) groups excluding carboxylic acids is 1. The van der Waals surface area contributed by atoms with E-state index in [0.29, 0.717) is 17.7 Å². The molecule has 1 saturated heterocycles. The number of anilines is 1. The number of aromatic hydroxyl groups is 1. The number of nitrogens with zero attached hydrogens (tertiary/aromatic N) is 2. The first-order chi connectivity index (χ1) is 16.1. The van der Waals surface area contributed by atoms with Crippen molar-refractivity contribution in [3.63, 3.8) is 0 Å². The molecule has 2 heterocycles. The molecule has 172 valence electrons. The maximum Gasteiger partial charge on any atom is 0.239 e. The molecule has 0 spiro atoms. The van der Waals surface area contributed by atoms with E-state index in [2.05, 4.69) is 51.7 Å². The number of nitrogens with one attached hydrogen (secondary N) is 2. The molecular weight excluding hydrogens is 412 g/mol. The highest BCUT2D eigenvalue weighted by Crippen LogP contribution is 2.39. The molecule has 0 bridgehead atoms. The first-order valence-corrected chi connectivity index (χ1v) is 12.0. The minimum atomic E-state index is 0.00867. The number of fused-ring (bicyclic) bond motifs is 1. The van der Waals surface area contributed by atoms with Crippen molar-refractivity contribution in [1.82, 2.24) is 15.2 Å². The van der Waals surface area contributed by atoms with Crippen molar-refractivity contribution in [3.05, 3.63) is 65.9 Å². The van der Waals surface area contributed by atoms with Crippen molar-refractivity contribution in [2.75, 3.05) is 25.0 Å². The normalized spacial score (nSPS) is 21.5. The van der Waals surface area contributed by atoms with Gasteiger partial charge in [0.1, 0.15) is 11.6 Å². The number of aryl methyl sites for hydroxylation is 1. The number of hydrogen-bond donors (Lipinski definition) is 3. The predicted molar refractivity (Wildman–Crippen MR) is 132 cm³/mol. The third kappa shape index (κ3) is 4.81. The van der Waals surface area contributed by atoms with Gasteiger partial charge in [0.05, 0.1) is 12.6 Å². The highest BCUT2D eigenvalue weighted by molar-refractivity contribution is 5.93. The van der Waals surface area contributed by atoms with Crippen LogP contribution in [0.25, 0.3) is 10.8 Å². The summed E-state index contributed by atoms with van der Waals surface area (Å²) in [4.78, 5) is 19.4. The van der Waals surface area contributed by atoms with Gasteiger partial charge in [-0.25, -0.2) is 4.98 Å². The van der Waals surface area contributed by atoms with Crippen LogP contribution < -0.4 is 10.6 Å². The van der Waals surface area contributed by atoms with Crippen molar-refractivity contribution < 1.29 is 9.90 Å². The lowest BCUT2D eigenvalue weighted by molar-refractivity contribution is -0.121. The zero-order chi connectivity index (χ0) is 22.8. The van der Waals surface area contributed by atoms with Crippen LogP contribution in [0.5, 0.6) is 5.75 Å². The number of benzene rings is 2. The van der Waals surface area contributed by atoms with Crippen LogP contribution in [-0.2, 0) is 4.79 Å². The number of para-hydroxylation sites is 1. The average molecular weight is 445 g/mol. The molecule has 1 aromatic heterocycles. The van der Waals surface area contributed by atoms with E-state index in [1.54, 1.807) is 12.3 Å². The number of aromatic nitrogens is 1. The molecule has 0 radical (unpaired) electrons. The third-order valence-electron chi connectivity index (χ3n) is 7.20. The van der Waals surface area contributed by atoms with Gasteiger partial charge >= 0.3 is 0 Å². The molecule has 2 aliphatic rings. The van der Waals surface area contributed by atoms with E-state index in [0.717, 1.165) is 60.9 Å². The second-order valence-electron chi connectivity index (χ2n) is 9.52. The van der Waals surface area contributed by atoms with E-state index in [9.17, 15) is 9.90 Å². The summed E-state index contributed by atoms with van der Waals surface area (Å²) in [6, 6.07) is 16.8. The fraction of sp³-hybridized carbons (Fsp3) is 0.407. The molecule has 1 aliphatic heterocycles. The maximum atomic E-state index is 12.5. The van der Waals surface area contributed by atoms with Gasteiger partial charge in [-0.3, -0.25) is 9.69 Å². The summed E-state index contributed by atoms with van der Waals surface area (Å²) in [7, 11) is 0. The molecule has 1 saturated carbocycles. The number of rotatable bonds is 6. The van der Waals surface area contributed by atoms with Crippen LogP contribution in [0.4, 0.5) is 5.82 Å². The molecule has 3 N–H and O–H groups in total. The van der Waals surface area contributed by atoms with Gasteiger partial charge in [-0.2, -0.15) is 0 Å². The summed E-state index contributed by atoms with van der Waals surface area (Å²) in [5, 5.41) is 18.7. The Morgan fingerprint density at radius 1 is 1.09 bits per heavy atom. The molecule has 2 aromatic carbocycles. The van der Waals surface area contributed by atoms with Crippen LogP contribution in [0.1, 0.15) is 42.7 Å². The molecule has 6 nitrogen and oxygen atoms in total. The Bertz CT molecular complexity index is 1130. The van der Waals surface area contributed by atoms with Gasteiger partial charge in [-0.15, -0.1) is 0 Å². The third-order valence-corrected chi connectivity index (χ3v) is 7.20. The van der Waals surface area contributed by atoms with Crippen molar-refractivity contribution in [3.8, 4) is 5.75 Å². The molecule has 1 aliphatic carbocycles. The van der Waals surface area contributed by atoms with E-state index < -0.39 is 0 Å². The number of hydrogen-bond acceptors (Lipinski definition) is 5. The SMILES string of the molecule is Cc1ccc2ccnc(NCC(=O)NC3CN(C4CCC(c5ccccc5O)CC4)C3)c2c1. The van der Waals surface area contributed by atoms with E-state index in [-0.39, 0.29) is 18.5 Å². The molecule has 2 fully saturated rings. The summed E-state index contributed by atoms with van der Waals surface area (Å²) in [6.07, 6.45) is 6.28. The van der Waals surface area contributed by atoms with Gasteiger partial charge in [0.15, 0.2) is 0 Å². The van der Waals surface area contributed by atoms with Crippen molar-refractivity contribution in [2.24, 2.45) is 0 Å². The molecular formula is C27H32N4O2. The molecule has 3 aromatic rings. The van der Waals surface area contributed by atoms with E-state index >= 15 is 0 Å². The minimum Gasteiger partial charge on any atom is -0.508 e. The number of pyridine rings is 1. The average Bonchev–Trinajstić information content (AvgIpc) is 2.80. The number of phenolic OH excluding ortho intramolecular Hbond substituents is 1. The first-order valence-electron chi connectivity index (χ1n) is 12.0. The summed E-state index contributed by atoms with van der Waals surface area (Å²) < 4.78 is 0. The zero-order valence-electron chi connectivity index (χ0n) is 19.1. The molecule has 0 unspecified atom stereocenters. The lowest BCUT2D eigenvalue weighted by atomic mass is 9.80. The highest BCUT2D eigenvalue weighted by atomic mass is 16.3. The fourth-order valence-electron chi connectivity index (χ4n) is 5.35. The van der Waals surface area contributed by atoms with Crippen LogP contribution in [0.15, 0.2) is 54.7 Å². The van der Waals surface area contributed by atoms with Gasteiger partial charge in [0.2, 0.25) is 5.91 Å². The smallest absolute Gasteiger partial charge is 0.239 e. The van der Waals surface area contributed by atoms with Crippen LogP contribution in [-0.4, -0.2) is 52.6 Å².